The number of guanidine groups is 1. The van der Waals surface area contributed by atoms with E-state index in [1.54, 1.807) is 12.0 Å². The van der Waals surface area contributed by atoms with E-state index in [0.717, 1.165) is 23.2 Å². The van der Waals surface area contributed by atoms with E-state index in [1.807, 2.05) is 32.9 Å². The van der Waals surface area contributed by atoms with Crippen LogP contribution >= 0.6 is 0 Å². The van der Waals surface area contributed by atoms with Crippen molar-refractivity contribution in [3.8, 4) is 5.75 Å². The largest absolute Gasteiger partial charge is 0.482 e. The Kier molecular flexibility index (Phi) is 7.60. The number of aliphatic imine (C=N–C) groups is 1. The van der Waals surface area contributed by atoms with Crippen molar-refractivity contribution in [3.05, 3.63) is 71.3 Å². The molecule has 1 amide bonds. The molecule has 0 saturated carbocycles. The van der Waals surface area contributed by atoms with E-state index in [9.17, 15) is 4.79 Å². The highest BCUT2D eigenvalue weighted by Gasteiger charge is 2.52. The Hall–Kier alpha value is -3.32. The first kappa shape index (κ1) is 28.7. The number of nitrogens with one attached hydrogen (secondary N) is 1. The normalized spacial score (nSPS) is 23.1. The smallest absolute Gasteiger partial charge is 0.232 e. The van der Waals surface area contributed by atoms with Crippen molar-refractivity contribution in [3.63, 3.8) is 0 Å². The SMILES string of the molecule is C=C(NC(CC(C)(C)C)c1ccccc1C)c1ccc2c(c1)C(N1C(=O)CC(C)(C)N=C1N)C(C)(COC)O2. The van der Waals surface area contributed by atoms with Crippen molar-refractivity contribution in [2.45, 2.75) is 84.5 Å². The van der Waals surface area contributed by atoms with Crippen LogP contribution in [0.3, 0.4) is 0 Å². The highest BCUT2D eigenvalue weighted by atomic mass is 16.5. The van der Waals surface area contributed by atoms with E-state index in [4.69, 9.17) is 15.2 Å². The predicted octanol–water partition coefficient (Wildman–Crippen LogP) is 5.90. The van der Waals surface area contributed by atoms with Crippen molar-refractivity contribution in [1.82, 2.24) is 10.2 Å². The van der Waals surface area contributed by atoms with Crippen LogP contribution in [0.25, 0.3) is 5.70 Å². The summed E-state index contributed by atoms with van der Waals surface area (Å²) in [6.45, 7) is 19.4. The lowest BCUT2D eigenvalue weighted by molar-refractivity contribution is -0.135. The van der Waals surface area contributed by atoms with Gasteiger partial charge >= 0.3 is 0 Å². The number of carbonyl (C=O) groups is 1. The number of nitrogens with zero attached hydrogens (tertiary/aromatic N) is 2. The summed E-state index contributed by atoms with van der Waals surface area (Å²) in [5.74, 6) is 0.822. The number of benzene rings is 2. The number of nitrogens with two attached hydrogens (primary N) is 1. The zero-order valence-corrected chi connectivity index (χ0v) is 24.7. The van der Waals surface area contributed by atoms with Crippen molar-refractivity contribution < 1.29 is 14.3 Å². The summed E-state index contributed by atoms with van der Waals surface area (Å²) in [7, 11) is 1.63. The average Bonchev–Trinajstić information content (AvgIpc) is 3.08. The van der Waals surface area contributed by atoms with E-state index in [1.165, 1.54) is 11.1 Å². The second-order valence-electron chi connectivity index (χ2n) is 13.0. The third-order valence-electron chi connectivity index (χ3n) is 7.51. The minimum Gasteiger partial charge on any atom is -0.482 e. The fourth-order valence-corrected chi connectivity index (χ4v) is 5.87. The van der Waals surface area contributed by atoms with Gasteiger partial charge in [0.1, 0.15) is 11.8 Å². The van der Waals surface area contributed by atoms with Crippen LogP contribution < -0.4 is 15.8 Å². The molecule has 3 N–H and O–H groups in total. The van der Waals surface area contributed by atoms with E-state index >= 15 is 0 Å². The summed E-state index contributed by atoms with van der Waals surface area (Å²) in [5, 5.41) is 3.72. The van der Waals surface area contributed by atoms with Crippen LogP contribution in [0, 0.1) is 12.3 Å². The topological polar surface area (TPSA) is 89.2 Å². The fraction of sp³-hybridized carbons (Fsp3) is 0.500. The molecule has 2 aromatic carbocycles. The highest BCUT2D eigenvalue weighted by molar-refractivity contribution is 5.99. The molecule has 39 heavy (non-hydrogen) atoms. The standard InChI is InChI=1S/C32H44N4O3/c1-20-12-10-11-13-23(20)25(17-30(3,4)5)34-21(2)22-14-15-26-24(16-22)28(32(8,39-26)19-38-9)36-27(37)18-31(6,7)35-29(36)33/h10-16,25,28,34H,2,17-19H2,1,3-9H3,(H2,33,35). The molecule has 0 aromatic heterocycles. The summed E-state index contributed by atoms with van der Waals surface area (Å²) >= 11 is 0. The summed E-state index contributed by atoms with van der Waals surface area (Å²) in [4.78, 5) is 19.7. The van der Waals surface area contributed by atoms with Gasteiger partial charge in [-0.2, -0.15) is 0 Å². The minimum atomic E-state index is -0.836. The molecule has 2 heterocycles. The maximum Gasteiger partial charge on any atom is 0.232 e. The molecule has 3 atom stereocenters. The van der Waals surface area contributed by atoms with E-state index in [-0.39, 0.29) is 36.4 Å². The van der Waals surface area contributed by atoms with Crippen molar-refractivity contribution in [1.29, 1.82) is 0 Å². The first-order chi connectivity index (χ1) is 18.1. The van der Waals surface area contributed by atoms with Crippen LogP contribution in [-0.4, -0.2) is 41.6 Å². The van der Waals surface area contributed by atoms with Gasteiger partial charge in [0, 0.05) is 18.4 Å². The monoisotopic (exact) mass is 532 g/mol. The van der Waals surface area contributed by atoms with Gasteiger partial charge in [-0.15, -0.1) is 0 Å². The molecule has 0 aliphatic carbocycles. The molecule has 2 aliphatic heterocycles. The number of aryl methyl sites for hydroxylation is 1. The third-order valence-corrected chi connectivity index (χ3v) is 7.51. The Morgan fingerprint density at radius 1 is 1.26 bits per heavy atom. The first-order valence-corrected chi connectivity index (χ1v) is 13.6. The van der Waals surface area contributed by atoms with Crippen LogP contribution in [0.15, 0.2) is 54.0 Å². The fourth-order valence-electron chi connectivity index (χ4n) is 5.87. The maximum absolute atomic E-state index is 13.4. The number of carbonyl (C=O) groups excluding carboxylic acids is 1. The molecule has 3 unspecified atom stereocenters. The number of hydrogen-bond acceptors (Lipinski definition) is 6. The molecule has 0 fully saturated rings. The second kappa shape index (κ2) is 10.3. The molecule has 0 saturated heterocycles. The van der Waals surface area contributed by atoms with Crippen LogP contribution in [0.1, 0.15) is 88.7 Å². The molecular formula is C32H44N4O3. The molecule has 0 bridgehead atoms. The van der Waals surface area contributed by atoms with Gasteiger partial charge in [0.05, 0.1) is 24.6 Å². The van der Waals surface area contributed by atoms with Gasteiger partial charge in [-0.1, -0.05) is 51.6 Å². The molecular weight excluding hydrogens is 488 g/mol. The quantitative estimate of drug-likeness (QED) is 0.442. The molecule has 4 rings (SSSR count). The highest BCUT2D eigenvalue weighted by Crippen LogP contribution is 2.48. The minimum absolute atomic E-state index is 0.0802. The van der Waals surface area contributed by atoms with Gasteiger partial charge in [0.15, 0.2) is 11.6 Å². The maximum atomic E-state index is 13.4. The third kappa shape index (κ3) is 5.98. The van der Waals surface area contributed by atoms with Crippen LogP contribution in [-0.2, 0) is 9.53 Å². The molecule has 0 spiro atoms. The van der Waals surface area contributed by atoms with E-state index < -0.39 is 17.2 Å². The van der Waals surface area contributed by atoms with Crippen LogP contribution in [0.5, 0.6) is 5.75 Å². The molecule has 7 heteroatoms. The van der Waals surface area contributed by atoms with Gasteiger partial charge in [0.2, 0.25) is 5.91 Å². The molecule has 2 aliphatic rings. The van der Waals surface area contributed by atoms with Crippen molar-refractivity contribution in [2.24, 2.45) is 16.1 Å². The lowest BCUT2D eigenvalue weighted by Crippen LogP contribution is -2.57. The average molecular weight is 533 g/mol. The van der Waals surface area contributed by atoms with Gasteiger partial charge in [-0.25, -0.2) is 4.99 Å². The molecule has 2 aromatic rings. The zero-order chi connectivity index (χ0) is 28.8. The number of hydrogen-bond donors (Lipinski definition) is 2. The van der Waals surface area contributed by atoms with Gasteiger partial charge in [0.25, 0.3) is 0 Å². The molecule has 7 nitrogen and oxygen atoms in total. The summed E-state index contributed by atoms with van der Waals surface area (Å²) < 4.78 is 12.0. The Morgan fingerprint density at radius 2 is 1.95 bits per heavy atom. The van der Waals surface area contributed by atoms with Crippen LogP contribution in [0.2, 0.25) is 0 Å². The lowest BCUT2D eigenvalue weighted by Gasteiger charge is -2.41. The number of methoxy groups -OCH3 is 1. The lowest BCUT2D eigenvalue weighted by atomic mass is 9.84. The predicted molar refractivity (Wildman–Crippen MR) is 157 cm³/mol. The number of amides is 1. The van der Waals surface area contributed by atoms with Gasteiger partial charge in [-0.05, 0) is 74.4 Å². The summed E-state index contributed by atoms with van der Waals surface area (Å²) in [5.41, 5.74) is 10.3. The van der Waals surface area contributed by atoms with E-state index in [0.29, 0.717) is 5.75 Å². The summed E-state index contributed by atoms with van der Waals surface area (Å²) in [6, 6.07) is 14.1. The first-order valence-electron chi connectivity index (χ1n) is 13.6. The Labute approximate surface area is 233 Å². The Morgan fingerprint density at radius 3 is 2.56 bits per heavy atom. The Balaban J connectivity index is 1.72. The van der Waals surface area contributed by atoms with Crippen molar-refractivity contribution in [2.75, 3.05) is 13.7 Å². The summed E-state index contributed by atoms with van der Waals surface area (Å²) in [6.07, 6.45) is 1.20. The molecule has 0 radical (unpaired) electrons. The van der Waals surface area contributed by atoms with Gasteiger partial charge < -0.3 is 20.5 Å². The van der Waals surface area contributed by atoms with Crippen LogP contribution in [0.4, 0.5) is 0 Å². The zero-order valence-electron chi connectivity index (χ0n) is 24.7. The van der Waals surface area contributed by atoms with Crippen molar-refractivity contribution >= 4 is 17.6 Å². The number of fused-ring (bicyclic) bond motifs is 1. The number of ether oxygens (including phenoxy) is 2. The molecule has 210 valence electrons. The Bertz CT molecular complexity index is 1290. The van der Waals surface area contributed by atoms with E-state index in [2.05, 4.69) is 74.9 Å². The number of rotatable bonds is 8. The van der Waals surface area contributed by atoms with Gasteiger partial charge in [-0.3, -0.25) is 9.69 Å². The second-order valence-corrected chi connectivity index (χ2v) is 13.0.